The van der Waals surface area contributed by atoms with Crippen molar-refractivity contribution >= 4 is 58.1 Å². The van der Waals surface area contributed by atoms with Crippen LogP contribution < -0.4 is 4.90 Å². The lowest BCUT2D eigenvalue weighted by Crippen LogP contribution is -2.31. The molecule has 0 atom stereocenters. The summed E-state index contributed by atoms with van der Waals surface area (Å²) in [7, 11) is 0. The van der Waals surface area contributed by atoms with Crippen LogP contribution in [-0.4, -0.2) is 35.8 Å². The number of carbonyl (C=O) groups excluding carboxylic acids is 3. The predicted octanol–water partition coefficient (Wildman–Crippen LogP) is 3.92. The molecule has 0 saturated heterocycles. The molecule has 3 heterocycles. The average molecular weight is 440 g/mol. The molecule has 6 nitrogen and oxygen atoms in total. The number of rotatable bonds is 4. The molecule has 1 amide bonds. The largest absolute Gasteiger partial charge is 0.453 e. The van der Waals surface area contributed by atoms with Crippen molar-refractivity contribution in [3.05, 3.63) is 55.8 Å². The number of aryl methyl sites for hydroxylation is 1. The lowest BCUT2D eigenvalue weighted by Gasteiger charge is -2.25. The molecule has 4 rings (SSSR count). The second kappa shape index (κ2) is 7.35. The van der Waals surface area contributed by atoms with Crippen LogP contribution in [0.2, 0.25) is 15.1 Å². The highest BCUT2D eigenvalue weighted by Gasteiger charge is 2.33. The molecular formula is C19H13Cl3N2O4. The van der Waals surface area contributed by atoms with E-state index in [4.69, 9.17) is 39.5 Å². The Hall–Kier alpha value is -2.15. The minimum atomic E-state index is -0.874. The normalized spacial score (nSPS) is 14.8. The second-order valence-electron chi connectivity index (χ2n) is 6.55. The van der Waals surface area contributed by atoms with Crippen molar-refractivity contribution in [1.82, 2.24) is 4.98 Å². The second-order valence-corrected chi connectivity index (χ2v) is 7.71. The van der Waals surface area contributed by atoms with E-state index in [9.17, 15) is 14.4 Å². The Morgan fingerprint density at radius 1 is 1.14 bits per heavy atom. The molecule has 0 aliphatic carbocycles. The Kier molecular flexibility index (Phi) is 5.04. The minimum Gasteiger partial charge on any atom is -0.453 e. The fourth-order valence-electron chi connectivity index (χ4n) is 3.51. The molecule has 9 heteroatoms. The Morgan fingerprint density at radius 3 is 2.68 bits per heavy atom. The molecule has 2 aliphatic rings. The van der Waals surface area contributed by atoms with Crippen LogP contribution in [0.25, 0.3) is 0 Å². The van der Waals surface area contributed by atoms with Gasteiger partial charge < -0.3 is 9.64 Å². The highest BCUT2D eigenvalue weighted by atomic mass is 35.5. The van der Waals surface area contributed by atoms with Gasteiger partial charge in [-0.15, -0.1) is 0 Å². The highest BCUT2D eigenvalue weighted by Crippen LogP contribution is 2.37. The van der Waals surface area contributed by atoms with Gasteiger partial charge in [0.1, 0.15) is 0 Å². The van der Waals surface area contributed by atoms with Crippen LogP contribution in [0.15, 0.2) is 18.3 Å². The third-order valence-corrected chi connectivity index (χ3v) is 6.02. The number of ketones is 1. The Bertz CT molecular complexity index is 1040. The average Bonchev–Trinajstić information content (AvgIpc) is 3.01. The van der Waals surface area contributed by atoms with Gasteiger partial charge in [0.15, 0.2) is 18.1 Å². The number of halogens is 3. The zero-order chi connectivity index (χ0) is 20.0. The number of Topliss-reactive ketones (excluding diaryl/α,β-unsaturated/α-hetero) is 1. The van der Waals surface area contributed by atoms with E-state index in [-0.39, 0.29) is 38.9 Å². The van der Waals surface area contributed by atoms with E-state index in [0.717, 1.165) is 29.7 Å². The smallest absolute Gasteiger partial charge is 0.358 e. The van der Waals surface area contributed by atoms with Crippen molar-refractivity contribution in [1.29, 1.82) is 0 Å². The van der Waals surface area contributed by atoms with E-state index in [1.807, 2.05) is 0 Å². The Labute approximate surface area is 175 Å². The number of anilines is 1. The van der Waals surface area contributed by atoms with E-state index in [0.29, 0.717) is 12.1 Å². The van der Waals surface area contributed by atoms with Crippen molar-refractivity contribution in [3.8, 4) is 0 Å². The van der Waals surface area contributed by atoms with Crippen LogP contribution in [0.3, 0.4) is 0 Å². The summed E-state index contributed by atoms with van der Waals surface area (Å²) in [6.07, 6.45) is 3.12. The molecule has 0 saturated carbocycles. The molecule has 0 spiro atoms. The summed E-state index contributed by atoms with van der Waals surface area (Å²) >= 11 is 17.6. The maximum atomic E-state index is 12.6. The molecule has 0 fully saturated rings. The number of hydrogen-bond donors (Lipinski definition) is 0. The van der Waals surface area contributed by atoms with E-state index in [1.54, 1.807) is 17.0 Å². The van der Waals surface area contributed by atoms with Crippen molar-refractivity contribution in [2.75, 3.05) is 18.1 Å². The number of ether oxygens (including phenoxy) is 1. The fourth-order valence-corrected chi connectivity index (χ4v) is 4.07. The Morgan fingerprint density at radius 2 is 1.89 bits per heavy atom. The van der Waals surface area contributed by atoms with Crippen LogP contribution >= 0.6 is 34.8 Å². The highest BCUT2D eigenvalue weighted by molar-refractivity contribution is 6.48. The van der Waals surface area contributed by atoms with Crippen molar-refractivity contribution in [3.63, 3.8) is 0 Å². The van der Waals surface area contributed by atoms with Crippen molar-refractivity contribution in [2.24, 2.45) is 0 Å². The number of nitrogens with zero attached hydrogens (tertiary/aromatic N) is 2. The minimum absolute atomic E-state index is 0.0106. The monoisotopic (exact) mass is 438 g/mol. The number of pyridine rings is 1. The zero-order valence-electron chi connectivity index (χ0n) is 14.4. The number of hydrogen-bond acceptors (Lipinski definition) is 5. The number of benzene rings is 1. The molecule has 144 valence electrons. The van der Waals surface area contributed by atoms with Crippen LogP contribution in [0.4, 0.5) is 5.69 Å². The number of esters is 1. The molecule has 1 aromatic heterocycles. The Balaban J connectivity index is 1.51. The molecule has 28 heavy (non-hydrogen) atoms. The summed E-state index contributed by atoms with van der Waals surface area (Å²) in [5.41, 5.74) is 2.93. The van der Waals surface area contributed by atoms with Gasteiger partial charge in [-0.3, -0.25) is 9.59 Å². The van der Waals surface area contributed by atoms with E-state index >= 15 is 0 Å². The zero-order valence-corrected chi connectivity index (χ0v) is 16.7. The predicted molar refractivity (Wildman–Crippen MR) is 105 cm³/mol. The number of aromatic nitrogens is 1. The number of carbonyl (C=O) groups is 3. The molecule has 0 N–H and O–H groups in total. The molecule has 1 aromatic carbocycles. The van der Waals surface area contributed by atoms with E-state index in [2.05, 4.69) is 4.98 Å². The first kappa shape index (κ1) is 19.2. The van der Waals surface area contributed by atoms with E-state index in [1.165, 1.54) is 6.20 Å². The maximum Gasteiger partial charge on any atom is 0.358 e. The molecule has 0 bridgehead atoms. The van der Waals surface area contributed by atoms with Gasteiger partial charge in [0.2, 0.25) is 5.91 Å². The maximum absolute atomic E-state index is 12.6. The van der Waals surface area contributed by atoms with Gasteiger partial charge in [-0.05, 0) is 36.1 Å². The van der Waals surface area contributed by atoms with Crippen LogP contribution in [0, 0.1) is 0 Å². The summed E-state index contributed by atoms with van der Waals surface area (Å²) in [5, 5.41) is -0.0364. The lowest BCUT2D eigenvalue weighted by atomic mass is 9.95. The molecule has 0 unspecified atom stereocenters. The standard InChI is InChI=1S/C19H13Cl3N2O4/c20-12-7-23-17(16(22)15(12)21)19(27)28-8-13(25)10-4-9-2-1-3-24-14(26)6-11(5-10)18(9)24/h4-5,7H,1-3,6,8H2. The van der Waals surface area contributed by atoms with E-state index < -0.39 is 12.6 Å². The number of amides is 1. The third kappa shape index (κ3) is 3.26. The van der Waals surface area contributed by atoms with Crippen LogP contribution in [0.5, 0.6) is 0 Å². The van der Waals surface area contributed by atoms with Crippen molar-refractivity contribution in [2.45, 2.75) is 19.3 Å². The summed E-state index contributed by atoms with van der Waals surface area (Å²) in [6.45, 7) is 0.230. The first-order valence-electron chi connectivity index (χ1n) is 8.52. The van der Waals surface area contributed by atoms with Gasteiger partial charge in [-0.25, -0.2) is 9.78 Å². The topological polar surface area (TPSA) is 76.6 Å². The summed E-state index contributed by atoms with van der Waals surface area (Å²) in [4.78, 5) is 42.5. The van der Waals surface area contributed by atoms with Gasteiger partial charge in [-0.1, -0.05) is 34.8 Å². The SMILES string of the molecule is O=C(COC(=O)c1ncc(Cl)c(Cl)c1Cl)c1cc2c3c(c1)CC(=O)N3CCC2. The summed E-state index contributed by atoms with van der Waals surface area (Å²) in [6, 6.07) is 3.47. The summed E-state index contributed by atoms with van der Waals surface area (Å²) in [5.74, 6) is -1.20. The quantitative estimate of drug-likeness (QED) is 0.533. The molecular weight excluding hydrogens is 427 g/mol. The van der Waals surface area contributed by atoms with Gasteiger partial charge >= 0.3 is 5.97 Å². The van der Waals surface area contributed by atoms with Crippen molar-refractivity contribution < 1.29 is 19.1 Å². The van der Waals surface area contributed by atoms with Gasteiger partial charge in [0, 0.05) is 18.3 Å². The van der Waals surface area contributed by atoms with Gasteiger partial charge in [0.05, 0.1) is 27.2 Å². The molecule has 2 aromatic rings. The molecule has 0 radical (unpaired) electrons. The first-order valence-corrected chi connectivity index (χ1v) is 9.66. The van der Waals surface area contributed by atoms with Gasteiger partial charge in [0.25, 0.3) is 0 Å². The summed E-state index contributed by atoms with van der Waals surface area (Å²) < 4.78 is 5.05. The van der Waals surface area contributed by atoms with Crippen LogP contribution in [0.1, 0.15) is 38.4 Å². The molecule has 2 aliphatic heterocycles. The first-order chi connectivity index (χ1) is 13.4. The fraction of sp³-hybridized carbons (Fsp3) is 0.263. The van der Waals surface area contributed by atoms with Gasteiger partial charge in [-0.2, -0.15) is 0 Å². The third-order valence-electron chi connectivity index (χ3n) is 4.78. The lowest BCUT2D eigenvalue weighted by molar-refractivity contribution is -0.117. The van der Waals surface area contributed by atoms with Crippen LogP contribution in [-0.2, 0) is 22.4 Å².